The Hall–Kier alpha value is -4.04. The van der Waals surface area contributed by atoms with E-state index < -0.39 is 5.41 Å². The van der Waals surface area contributed by atoms with Gasteiger partial charge in [0.2, 0.25) is 0 Å². The molecule has 0 nitrogen and oxygen atoms in total. The van der Waals surface area contributed by atoms with E-state index in [2.05, 4.69) is 140 Å². The lowest BCUT2D eigenvalue weighted by Crippen LogP contribution is -2.32. The zero-order valence-corrected chi connectivity index (χ0v) is 22.6. The van der Waals surface area contributed by atoms with Gasteiger partial charge in [0.15, 0.2) is 0 Å². The maximum Gasteiger partial charge on any atom is 0.0735 e. The third-order valence-electron chi connectivity index (χ3n) is 8.25. The van der Waals surface area contributed by atoms with Crippen LogP contribution in [0.1, 0.15) is 22.3 Å². The van der Waals surface area contributed by atoms with Gasteiger partial charge in [-0.1, -0.05) is 151 Å². The highest BCUT2D eigenvalue weighted by molar-refractivity contribution is 7.99. The van der Waals surface area contributed by atoms with Crippen LogP contribution in [0, 0.1) is 0 Å². The largest absolute Gasteiger partial charge is 0.0887 e. The van der Waals surface area contributed by atoms with E-state index >= 15 is 0 Å². The van der Waals surface area contributed by atoms with Gasteiger partial charge in [-0.15, -0.1) is 0 Å². The van der Waals surface area contributed by atoms with Crippen LogP contribution in [0.5, 0.6) is 0 Å². The van der Waals surface area contributed by atoms with Crippen molar-refractivity contribution in [1.29, 1.82) is 0 Å². The van der Waals surface area contributed by atoms with Crippen molar-refractivity contribution >= 4 is 23.4 Å². The van der Waals surface area contributed by atoms with Crippen LogP contribution in [0.15, 0.2) is 149 Å². The Kier molecular flexibility index (Phi) is 5.13. The van der Waals surface area contributed by atoms with Crippen LogP contribution >= 0.6 is 23.4 Å². The second kappa shape index (κ2) is 8.74. The van der Waals surface area contributed by atoms with Crippen molar-refractivity contribution in [1.82, 2.24) is 0 Å². The van der Waals surface area contributed by atoms with Crippen molar-refractivity contribution in [2.45, 2.75) is 15.2 Å². The molecule has 1 aliphatic carbocycles. The van der Waals surface area contributed by atoms with Crippen LogP contribution in [0.4, 0.5) is 0 Å². The average molecular weight is 535 g/mol. The highest BCUT2D eigenvalue weighted by Crippen LogP contribution is 2.63. The predicted molar refractivity (Wildman–Crippen MR) is 164 cm³/mol. The van der Waals surface area contributed by atoms with E-state index in [1.54, 1.807) is 0 Å². The van der Waals surface area contributed by atoms with Gasteiger partial charge in [-0.25, -0.2) is 0 Å². The Morgan fingerprint density at radius 2 is 0.974 bits per heavy atom. The van der Waals surface area contributed by atoms with Gasteiger partial charge in [0, 0.05) is 20.4 Å². The molecule has 2 heteroatoms. The van der Waals surface area contributed by atoms with Crippen LogP contribution in [0.2, 0.25) is 5.02 Å². The molecule has 1 heterocycles. The van der Waals surface area contributed by atoms with E-state index in [0.29, 0.717) is 0 Å². The highest BCUT2D eigenvalue weighted by atomic mass is 35.5. The van der Waals surface area contributed by atoms with Crippen molar-refractivity contribution in [3.05, 3.63) is 167 Å². The molecule has 0 atom stereocenters. The Balaban J connectivity index is 1.51. The molecule has 0 radical (unpaired) electrons. The summed E-state index contributed by atoms with van der Waals surface area (Å²) in [5, 5.41) is 0.777. The second-order valence-corrected chi connectivity index (χ2v) is 11.6. The van der Waals surface area contributed by atoms with Gasteiger partial charge in [0.05, 0.1) is 5.41 Å². The molecule has 1 spiro atoms. The predicted octanol–water partition coefficient (Wildman–Crippen LogP) is 10.5. The van der Waals surface area contributed by atoms with Crippen molar-refractivity contribution in [3.8, 4) is 33.4 Å². The average Bonchev–Trinajstić information content (AvgIpc) is 3.29. The molecule has 6 aromatic rings. The Bertz CT molecular complexity index is 1860. The first-order valence-electron chi connectivity index (χ1n) is 13.2. The molecule has 0 N–H and O–H groups in total. The number of halogens is 1. The minimum absolute atomic E-state index is 0.411. The molecule has 0 amide bonds. The normalized spacial score (nSPS) is 13.9. The first-order chi connectivity index (χ1) is 19.3. The van der Waals surface area contributed by atoms with Crippen molar-refractivity contribution in [2.24, 2.45) is 0 Å². The number of hydrogen-bond acceptors (Lipinski definition) is 1. The molecule has 39 heavy (non-hydrogen) atoms. The summed E-state index contributed by atoms with van der Waals surface area (Å²) in [6.45, 7) is 0. The van der Waals surface area contributed by atoms with Gasteiger partial charge >= 0.3 is 0 Å². The van der Waals surface area contributed by atoms with Crippen molar-refractivity contribution in [2.75, 3.05) is 0 Å². The van der Waals surface area contributed by atoms with Crippen LogP contribution < -0.4 is 0 Å². The maximum absolute atomic E-state index is 7.16. The van der Waals surface area contributed by atoms with E-state index in [1.807, 2.05) is 11.8 Å². The van der Waals surface area contributed by atoms with Gasteiger partial charge < -0.3 is 0 Å². The molecule has 6 aromatic carbocycles. The zero-order valence-electron chi connectivity index (χ0n) is 21.1. The molecule has 0 bridgehead atoms. The summed E-state index contributed by atoms with van der Waals surface area (Å²) in [6, 6.07) is 50.4. The first kappa shape index (κ1) is 22.9. The highest BCUT2D eigenvalue weighted by Gasteiger charge is 2.50. The molecule has 184 valence electrons. The molecular formula is C37H23ClS. The molecule has 0 aromatic heterocycles. The number of rotatable bonds is 2. The fraction of sp³-hybridized carbons (Fsp3) is 0.0270. The van der Waals surface area contributed by atoms with Gasteiger partial charge in [0.25, 0.3) is 0 Å². The summed E-state index contributed by atoms with van der Waals surface area (Å²) in [4.78, 5) is 2.51. The summed E-state index contributed by atoms with van der Waals surface area (Å²) in [7, 11) is 0. The van der Waals surface area contributed by atoms with Gasteiger partial charge in [-0.3, -0.25) is 0 Å². The lowest BCUT2D eigenvalue weighted by molar-refractivity contribution is 0.723. The number of benzene rings is 6. The molecule has 8 rings (SSSR count). The molecule has 0 fully saturated rings. The Morgan fingerprint density at radius 1 is 0.436 bits per heavy atom. The molecule has 0 unspecified atom stereocenters. The summed E-state index contributed by atoms with van der Waals surface area (Å²) in [5.41, 5.74) is 12.2. The third kappa shape index (κ3) is 3.15. The lowest BCUT2D eigenvalue weighted by atomic mass is 9.67. The van der Waals surface area contributed by atoms with Crippen LogP contribution in [0.3, 0.4) is 0 Å². The second-order valence-electron chi connectivity index (χ2n) is 10.2. The van der Waals surface area contributed by atoms with E-state index in [9.17, 15) is 0 Å². The summed E-state index contributed by atoms with van der Waals surface area (Å²) < 4.78 is 0. The monoisotopic (exact) mass is 534 g/mol. The van der Waals surface area contributed by atoms with Crippen LogP contribution in [-0.2, 0) is 5.41 Å². The zero-order chi connectivity index (χ0) is 26.0. The van der Waals surface area contributed by atoms with Gasteiger partial charge in [-0.2, -0.15) is 0 Å². The topological polar surface area (TPSA) is 0 Å². The molecule has 1 aliphatic heterocycles. The van der Waals surface area contributed by atoms with Crippen molar-refractivity contribution < 1.29 is 0 Å². The molecule has 0 saturated carbocycles. The lowest BCUT2D eigenvalue weighted by Gasteiger charge is -2.40. The Labute approximate surface area is 237 Å². The van der Waals surface area contributed by atoms with E-state index in [-0.39, 0.29) is 0 Å². The standard InChI is InChI=1S/C37H23ClS/c38-33-23-22-32-36(35(33)28-17-5-4-14-25(28)24-12-2-1-3-13-24)39-34-21-11-10-20-31(34)37(32)29-18-8-6-15-26(29)27-16-7-9-19-30(27)37/h1-23H. The summed E-state index contributed by atoms with van der Waals surface area (Å²) in [6.07, 6.45) is 0. The van der Waals surface area contributed by atoms with E-state index in [4.69, 9.17) is 11.6 Å². The summed E-state index contributed by atoms with van der Waals surface area (Å²) in [5.74, 6) is 0. The first-order valence-corrected chi connectivity index (χ1v) is 14.4. The fourth-order valence-electron chi connectivity index (χ4n) is 6.72. The molecular weight excluding hydrogens is 512 g/mol. The molecule has 2 aliphatic rings. The van der Waals surface area contributed by atoms with Crippen LogP contribution in [-0.4, -0.2) is 0 Å². The third-order valence-corrected chi connectivity index (χ3v) is 9.77. The Morgan fingerprint density at radius 3 is 1.67 bits per heavy atom. The quantitative estimate of drug-likeness (QED) is 0.212. The SMILES string of the molecule is Clc1ccc2c(c1-c1ccccc1-c1ccccc1)Sc1ccccc1C21c2ccccc2-c2ccccc21. The number of hydrogen-bond donors (Lipinski definition) is 0. The van der Waals surface area contributed by atoms with E-state index in [1.165, 1.54) is 54.3 Å². The molecule has 0 saturated heterocycles. The minimum Gasteiger partial charge on any atom is -0.0887 e. The van der Waals surface area contributed by atoms with Crippen molar-refractivity contribution in [3.63, 3.8) is 0 Å². The number of fused-ring (bicyclic) bond motifs is 9. The van der Waals surface area contributed by atoms with Gasteiger partial charge in [0.1, 0.15) is 0 Å². The fourth-order valence-corrected chi connectivity index (χ4v) is 8.38. The van der Waals surface area contributed by atoms with Crippen LogP contribution in [0.25, 0.3) is 33.4 Å². The maximum atomic E-state index is 7.16. The summed E-state index contributed by atoms with van der Waals surface area (Å²) >= 11 is 9.01. The van der Waals surface area contributed by atoms with Gasteiger partial charge in [-0.05, 0) is 62.2 Å². The minimum atomic E-state index is -0.411. The smallest absolute Gasteiger partial charge is 0.0735 e. The van der Waals surface area contributed by atoms with E-state index in [0.717, 1.165) is 16.1 Å².